The van der Waals surface area contributed by atoms with Crippen molar-refractivity contribution >= 4 is 11.9 Å². The van der Waals surface area contributed by atoms with Gasteiger partial charge in [-0.2, -0.15) is 0 Å². The van der Waals surface area contributed by atoms with E-state index in [4.69, 9.17) is 4.74 Å². The van der Waals surface area contributed by atoms with Crippen LogP contribution in [0.1, 0.15) is 52.9 Å². The highest BCUT2D eigenvalue weighted by atomic mass is 16.5. The van der Waals surface area contributed by atoms with Gasteiger partial charge in [0.25, 0.3) is 0 Å². The van der Waals surface area contributed by atoms with Crippen LogP contribution >= 0.6 is 0 Å². The Morgan fingerprint density at radius 2 is 1.95 bits per heavy atom. The predicted molar refractivity (Wildman–Crippen MR) is 76.4 cm³/mol. The van der Waals surface area contributed by atoms with E-state index in [2.05, 4.69) is 5.32 Å². The number of amides is 1. The highest BCUT2D eigenvalue weighted by Crippen LogP contribution is 2.37. The summed E-state index contributed by atoms with van der Waals surface area (Å²) in [5.41, 5.74) is -0.387. The largest absolute Gasteiger partial charge is 0.481 e. The molecule has 0 spiro atoms. The third kappa shape index (κ3) is 5.12. The van der Waals surface area contributed by atoms with Crippen molar-refractivity contribution in [1.82, 2.24) is 5.32 Å². The van der Waals surface area contributed by atoms with E-state index in [1.165, 1.54) is 0 Å². The Kier molecular flexibility index (Phi) is 5.57. The Morgan fingerprint density at radius 3 is 2.30 bits per heavy atom. The van der Waals surface area contributed by atoms with Gasteiger partial charge in [0.05, 0.1) is 17.9 Å². The molecule has 20 heavy (non-hydrogen) atoms. The summed E-state index contributed by atoms with van der Waals surface area (Å²) in [5.74, 6) is -1.52. The summed E-state index contributed by atoms with van der Waals surface area (Å²) >= 11 is 0. The molecule has 5 heteroatoms. The maximum atomic E-state index is 11.9. The summed E-state index contributed by atoms with van der Waals surface area (Å²) in [6.07, 6.45) is 3.76. The van der Waals surface area contributed by atoms with Crippen molar-refractivity contribution in [3.63, 3.8) is 0 Å². The second-order valence-corrected chi connectivity index (χ2v) is 7.02. The van der Waals surface area contributed by atoms with Crippen LogP contribution in [0.3, 0.4) is 0 Å². The van der Waals surface area contributed by atoms with Crippen LogP contribution in [0.4, 0.5) is 0 Å². The van der Waals surface area contributed by atoms with Crippen molar-refractivity contribution in [2.45, 2.75) is 58.5 Å². The van der Waals surface area contributed by atoms with E-state index in [1.807, 2.05) is 20.8 Å². The van der Waals surface area contributed by atoms with E-state index in [-0.39, 0.29) is 23.5 Å². The molecule has 0 aromatic carbocycles. The lowest BCUT2D eigenvalue weighted by molar-refractivity contribution is -0.143. The van der Waals surface area contributed by atoms with Crippen LogP contribution in [0.25, 0.3) is 0 Å². The minimum absolute atomic E-state index is 0.0739. The molecule has 0 aromatic rings. The number of carbonyl (C=O) groups excluding carboxylic acids is 1. The molecule has 0 radical (unpaired) electrons. The first-order chi connectivity index (χ1) is 9.17. The van der Waals surface area contributed by atoms with Gasteiger partial charge in [-0.1, -0.05) is 20.8 Å². The molecule has 1 rings (SSSR count). The highest BCUT2D eigenvalue weighted by Gasteiger charge is 2.39. The Morgan fingerprint density at radius 1 is 1.35 bits per heavy atom. The first-order valence-electron chi connectivity index (χ1n) is 7.22. The van der Waals surface area contributed by atoms with Crippen molar-refractivity contribution in [2.75, 3.05) is 13.7 Å². The smallest absolute Gasteiger partial charge is 0.308 e. The van der Waals surface area contributed by atoms with Crippen LogP contribution in [-0.4, -0.2) is 36.2 Å². The normalized spacial score (nSPS) is 19.0. The topological polar surface area (TPSA) is 75.6 Å². The van der Waals surface area contributed by atoms with Crippen LogP contribution in [0.2, 0.25) is 0 Å². The molecule has 1 unspecified atom stereocenters. The zero-order chi connectivity index (χ0) is 15.4. The molecule has 0 saturated heterocycles. The second kappa shape index (κ2) is 6.57. The Bertz CT molecular complexity index is 350. The van der Waals surface area contributed by atoms with Gasteiger partial charge in [0, 0.05) is 13.7 Å². The number of ether oxygens (including phenoxy) is 1. The van der Waals surface area contributed by atoms with E-state index < -0.39 is 11.9 Å². The summed E-state index contributed by atoms with van der Waals surface area (Å²) in [7, 11) is 1.63. The minimum atomic E-state index is -0.856. The Hall–Kier alpha value is -1.10. The molecule has 1 aliphatic carbocycles. The first-order valence-corrected chi connectivity index (χ1v) is 7.22. The van der Waals surface area contributed by atoms with Gasteiger partial charge in [0.15, 0.2) is 0 Å². The number of rotatable bonds is 7. The van der Waals surface area contributed by atoms with E-state index in [9.17, 15) is 14.7 Å². The molecule has 5 nitrogen and oxygen atoms in total. The van der Waals surface area contributed by atoms with Gasteiger partial charge in [-0.05, 0) is 31.1 Å². The molecule has 0 aromatic heterocycles. The van der Waals surface area contributed by atoms with Gasteiger partial charge in [-0.3, -0.25) is 9.59 Å². The molecule has 0 aliphatic heterocycles. The van der Waals surface area contributed by atoms with E-state index in [0.717, 1.165) is 19.3 Å². The fourth-order valence-corrected chi connectivity index (χ4v) is 2.60. The van der Waals surface area contributed by atoms with Gasteiger partial charge in [0.1, 0.15) is 0 Å². The van der Waals surface area contributed by atoms with Crippen LogP contribution in [-0.2, 0) is 14.3 Å². The first kappa shape index (κ1) is 17.0. The van der Waals surface area contributed by atoms with Gasteiger partial charge >= 0.3 is 5.97 Å². The Labute approximate surface area is 121 Å². The van der Waals surface area contributed by atoms with Crippen molar-refractivity contribution in [2.24, 2.45) is 11.3 Å². The monoisotopic (exact) mass is 285 g/mol. The predicted octanol–water partition coefficient (Wildman–Crippen LogP) is 2.20. The van der Waals surface area contributed by atoms with Crippen molar-refractivity contribution in [3.8, 4) is 0 Å². The Balaban J connectivity index is 2.43. The number of aliphatic carboxylic acids is 1. The van der Waals surface area contributed by atoms with Crippen molar-refractivity contribution in [3.05, 3.63) is 0 Å². The number of methoxy groups -OCH3 is 1. The number of carboxylic acids is 1. The molecule has 1 atom stereocenters. The molecule has 116 valence electrons. The van der Waals surface area contributed by atoms with E-state index in [0.29, 0.717) is 12.8 Å². The van der Waals surface area contributed by atoms with E-state index >= 15 is 0 Å². The summed E-state index contributed by atoms with van der Waals surface area (Å²) in [4.78, 5) is 23.1. The van der Waals surface area contributed by atoms with Gasteiger partial charge in [-0.15, -0.1) is 0 Å². The number of hydrogen-bond donors (Lipinski definition) is 2. The number of nitrogens with one attached hydrogen (secondary N) is 1. The van der Waals surface area contributed by atoms with E-state index in [1.54, 1.807) is 7.11 Å². The van der Waals surface area contributed by atoms with Gasteiger partial charge in [0.2, 0.25) is 5.91 Å². The van der Waals surface area contributed by atoms with Crippen LogP contribution < -0.4 is 5.32 Å². The molecule has 0 bridgehead atoms. The van der Waals surface area contributed by atoms with Crippen molar-refractivity contribution in [1.29, 1.82) is 0 Å². The molecular formula is C15H27NO4. The average molecular weight is 285 g/mol. The average Bonchev–Trinajstić information content (AvgIpc) is 2.27. The maximum absolute atomic E-state index is 11.9. The number of hydrogen-bond acceptors (Lipinski definition) is 3. The fourth-order valence-electron chi connectivity index (χ4n) is 2.60. The van der Waals surface area contributed by atoms with Crippen LogP contribution in [0.5, 0.6) is 0 Å². The zero-order valence-corrected chi connectivity index (χ0v) is 13.0. The zero-order valence-electron chi connectivity index (χ0n) is 13.0. The third-order valence-electron chi connectivity index (χ3n) is 3.93. The lowest BCUT2D eigenvalue weighted by Crippen LogP contribution is -2.45. The molecule has 1 saturated carbocycles. The molecule has 2 N–H and O–H groups in total. The number of carbonyl (C=O) groups is 2. The third-order valence-corrected chi connectivity index (χ3v) is 3.93. The van der Waals surface area contributed by atoms with Crippen LogP contribution in [0, 0.1) is 11.3 Å². The molecule has 0 heterocycles. The summed E-state index contributed by atoms with van der Waals surface area (Å²) in [6.45, 7) is 6.18. The van der Waals surface area contributed by atoms with Gasteiger partial charge in [-0.25, -0.2) is 0 Å². The van der Waals surface area contributed by atoms with Gasteiger partial charge < -0.3 is 15.2 Å². The highest BCUT2D eigenvalue weighted by molar-refractivity contribution is 5.78. The number of carboxylic acid groups (broad SMARTS) is 1. The summed E-state index contributed by atoms with van der Waals surface area (Å²) < 4.78 is 5.40. The molecule has 1 amide bonds. The van der Waals surface area contributed by atoms with Crippen LogP contribution in [0.15, 0.2) is 0 Å². The SMILES string of the molecule is COC1(CC(=O)NCC(CC(C)(C)C)C(=O)O)CCC1. The summed E-state index contributed by atoms with van der Waals surface area (Å²) in [5, 5.41) is 12.0. The second-order valence-electron chi connectivity index (χ2n) is 7.02. The lowest BCUT2D eigenvalue weighted by atomic mass is 9.77. The standard InChI is InChI=1S/C15H27NO4/c1-14(2,3)8-11(13(18)19)10-16-12(17)9-15(20-4)6-5-7-15/h11H,5-10H2,1-4H3,(H,16,17)(H,18,19). The lowest BCUT2D eigenvalue weighted by Gasteiger charge is -2.40. The maximum Gasteiger partial charge on any atom is 0.308 e. The summed E-state index contributed by atoms with van der Waals surface area (Å²) in [6, 6.07) is 0. The molecule has 1 aliphatic rings. The van der Waals surface area contributed by atoms with Crippen molar-refractivity contribution < 1.29 is 19.4 Å². The quantitative estimate of drug-likeness (QED) is 0.752. The molecular weight excluding hydrogens is 258 g/mol. The molecule has 1 fully saturated rings. The minimum Gasteiger partial charge on any atom is -0.481 e. The fraction of sp³-hybridized carbons (Fsp3) is 0.867.